The Labute approximate surface area is 133 Å². The van der Waals surface area contributed by atoms with E-state index in [1.165, 1.54) is 0 Å². The van der Waals surface area contributed by atoms with Crippen molar-refractivity contribution in [2.45, 2.75) is 25.4 Å². The zero-order valence-corrected chi connectivity index (χ0v) is 13.0. The van der Waals surface area contributed by atoms with E-state index in [1.54, 1.807) is 13.2 Å². The molecule has 1 aliphatic heterocycles. The topological polar surface area (TPSA) is 75.3 Å². The average molecular weight is 313 g/mol. The van der Waals surface area contributed by atoms with Crippen LogP contribution in [0.2, 0.25) is 0 Å². The van der Waals surface area contributed by atoms with Gasteiger partial charge in [-0.2, -0.15) is 5.10 Å². The van der Waals surface area contributed by atoms with Crippen LogP contribution in [0.3, 0.4) is 0 Å². The summed E-state index contributed by atoms with van der Waals surface area (Å²) in [6, 6.07) is 7.25. The van der Waals surface area contributed by atoms with Crippen molar-refractivity contribution in [3.05, 3.63) is 40.3 Å². The fourth-order valence-corrected chi connectivity index (χ4v) is 3.66. The van der Waals surface area contributed by atoms with Gasteiger partial charge in [-0.3, -0.25) is 9.59 Å². The first-order chi connectivity index (χ1) is 11.1. The number of likely N-dealkylation sites (tertiary alicyclic amines) is 1. The monoisotopic (exact) mass is 313 g/mol. The highest BCUT2D eigenvalue weighted by atomic mass is 16.5. The van der Waals surface area contributed by atoms with Gasteiger partial charge in [0.15, 0.2) is 0 Å². The summed E-state index contributed by atoms with van der Waals surface area (Å²) < 4.78 is 5.55. The molecule has 1 N–H and O–H groups in total. The molecule has 23 heavy (non-hydrogen) atoms. The predicted octanol–water partition coefficient (Wildman–Crippen LogP) is 1.10. The van der Waals surface area contributed by atoms with Crippen molar-refractivity contribution in [2.24, 2.45) is 5.41 Å². The largest absolute Gasteiger partial charge is 0.379 e. The van der Waals surface area contributed by atoms with Crippen LogP contribution in [0.1, 0.15) is 18.5 Å². The van der Waals surface area contributed by atoms with Crippen molar-refractivity contribution in [3.8, 4) is 0 Å². The summed E-state index contributed by atoms with van der Waals surface area (Å²) in [6.45, 7) is 1.42. The number of hydrogen-bond acceptors (Lipinski definition) is 4. The van der Waals surface area contributed by atoms with Gasteiger partial charge in [-0.1, -0.05) is 18.2 Å². The fraction of sp³-hybridized carbons (Fsp3) is 0.471. The summed E-state index contributed by atoms with van der Waals surface area (Å²) in [6.07, 6.45) is 2.61. The van der Waals surface area contributed by atoms with E-state index in [0.29, 0.717) is 17.6 Å². The van der Waals surface area contributed by atoms with Crippen LogP contribution >= 0.6 is 0 Å². The second-order valence-corrected chi connectivity index (χ2v) is 6.58. The highest BCUT2D eigenvalue weighted by molar-refractivity contribution is 5.88. The molecular formula is C17H19N3O3. The molecular weight excluding hydrogens is 294 g/mol. The standard InChI is InChI=1S/C17H19N3O3/c1-23-14-9-20(10-17(14)6-7-17)15(21)8-13-11-4-2-3-5-12(11)16(22)19-18-13/h2-5,14H,6-10H2,1H3,(H,19,22). The second kappa shape index (κ2) is 5.16. The van der Waals surface area contributed by atoms with Gasteiger partial charge in [-0.25, -0.2) is 5.10 Å². The molecule has 2 aromatic rings. The molecule has 1 unspecified atom stereocenters. The van der Waals surface area contributed by atoms with Gasteiger partial charge in [-0.05, 0) is 18.9 Å². The van der Waals surface area contributed by atoms with Crippen molar-refractivity contribution >= 4 is 16.7 Å². The lowest BCUT2D eigenvalue weighted by atomic mass is 10.0. The Kier molecular flexibility index (Phi) is 3.23. The number of benzene rings is 1. The van der Waals surface area contributed by atoms with E-state index in [9.17, 15) is 9.59 Å². The van der Waals surface area contributed by atoms with Gasteiger partial charge in [0.2, 0.25) is 5.91 Å². The highest BCUT2D eigenvalue weighted by Gasteiger charge is 2.56. The summed E-state index contributed by atoms with van der Waals surface area (Å²) in [4.78, 5) is 26.4. The highest BCUT2D eigenvalue weighted by Crippen LogP contribution is 2.53. The molecule has 1 saturated carbocycles. The third kappa shape index (κ3) is 2.34. The SMILES string of the molecule is COC1CN(C(=O)Cc2n[nH]c(=O)c3ccccc23)CC12CC2. The molecule has 1 aromatic carbocycles. The summed E-state index contributed by atoms with van der Waals surface area (Å²) >= 11 is 0. The minimum absolute atomic E-state index is 0.0422. The molecule has 2 heterocycles. The van der Waals surface area contributed by atoms with Crippen molar-refractivity contribution in [1.29, 1.82) is 0 Å². The number of rotatable bonds is 3. The third-order valence-corrected chi connectivity index (χ3v) is 5.20. The number of carbonyl (C=O) groups excluding carboxylic acids is 1. The molecule has 1 spiro atoms. The van der Waals surface area contributed by atoms with E-state index in [1.807, 2.05) is 23.1 Å². The van der Waals surface area contributed by atoms with Crippen LogP contribution in [-0.4, -0.2) is 47.3 Å². The van der Waals surface area contributed by atoms with Crippen LogP contribution in [0, 0.1) is 5.41 Å². The van der Waals surface area contributed by atoms with Crippen LogP contribution in [0.15, 0.2) is 29.1 Å². The number of nitrogens with one attached hydrogen (secondary N) is 1. The Morgan fingerprint density at radius 2 is 2.13 bits per heavy atom. The maximum atomic E-state index is 12.7. The summed E-state index contributed by atoms with van der Waals surface area (Å²) in [5.41, 5.74) is 0.579. The minimum Gasteiger partial charge on any atom is -0.379 e. The lowest BCUT2D eigenvalue weighted by Gasteiger charge is -2.16. The molecule has 4 rings (SSSR count). The van der Waals surface area contributed by atoms with Crippen molar-refractivity contribution < 1.29 is 9.53 Å². The number of fused-ring (bicyclic) bond motifs is 1. The Hall–Kier alpha value is -2.21. The van der Waals surface area contributed by atoms with Crippen LogP contribution < -0.4 is 5.56 Å². The van der Waals surface area contributed by atoms with Gasteiger partial charge >= 0.3 is 0 Å². The number of methoxy groups -OCH3 is 1. The lowest BCUT2D eigenvalue weighted by molar-refractivity contribution is -0.130. The van der Waals surface area contributed by atoms with Crippen LogP contribution in [0.4, 0.5) is 0 Å². The number of aromatic nitrogens is 2. The predicted molar refractivity (Wildman–Crippen MR) is 85.1 cm³/mol. The molecule has 1 aliphatic carbocycles. The number of hydrogen-bond donors (Lipinski definition) is 1. The van der Waals surface area contributed by atoms with E-state index in [4.69, 9.17) is 4.74 Å². The molecule has 2 fully saturated rings. The Morgan fingerprint density at radius 3 is 2.78 bits per heavy atom. The molecule has 1 aromatic heterocycles. The first-order valence-electron chi connectivity index (χ1n) is 7.90. The zero-order chi connectivity index (χ0) is 16.0. The maximum Gasteiger partial charge on any atom is 0.272 e. The van der Waals surface area contributed by atoms with Crippen molar-refractivity contribution in [2.75, 3.05) is 20.2 Å². The molecule has 0 radical (unpaired) electrons. The van der Waals surface area contributed by atoms with Crippen LogP contribution in [0.25, 0.3) is 10.8 Å². The Balaban J connectivity index is 1.58. The number of carbonyl (C=O) groups is 1. The Bertz CT molecular complexity index is 825. The molecule has 1 amide bonds. The van der Waals surface area contributed by atoms with Gasteiger partial charge in [0.25, 0.3) is 5.56 Å². The lowest BCUT2D eigenvalue weighted by Crippen LogP contribution is -2.31. The molecule has 6 heteroatoms. The number of amides is 1. The van der Waals surface area contributed by atoms with Crippen LogP contribution in [0.5, 0.6) is 0 Å². The minimum atomic E-state index is -0.227. The molecule has 6 nitrogen and oxygen atoms in total. The molecule has 120 valence electrons. The Morgan fingerprint density at radius 1 is 1.39 bits per heavy atom. The van der Waals surface area contributed by atoms with Gasteiger partial charge in [0.05, 0.1) is 23.6 Å². The summed E-state index contributed by atoms with van der Waals surface area (Å²) in [7, 11) is 1.72. The molecule has 0 bridgehead atoms. The molecule has 1 saturated heterocycles. The van der Waals surface area contributed by atoms with E-state index in [0.717, 1.165) is 24.8 Å². The fourth-order valence-electron chi connectivity index (χ4n) is 3.66. The first kappa shape index (κ1) is 14.4. The van der Waals surface area contributed by atoms with E-state index in [2.05, 4.69) is 10.2 Å². The maximum absolute atomic E-state index is 12.7. The molecule has 1 atom stereocenters. The summed E-state index contributed by atoms with van der Waals surface area (Å²) in [5.74, 6) is 0.0422. The number of ether oxygens (including phenoxy) is 1. The van der Waals surface area contributed by atoms with Gasteiger partial charge < -0.3 is 9.64 Å². The zero-order valence-electron chi connectivity index (χ0n) is 13.0. The number of nitrogens with zero attached hydrogens (tertiary/aromatic N) is 2. The smallest absolute Gasteiger partial charge is 0.272 e. The first-order valence-corrected chi connectivity index (χ1v) is 7.90. The average Bonchev–Trinajstić information content (AvgIpc) is 3.23. The molecule has 2 aliphatic rings. The van der Waals surface area contributed by atoms with E-state index >= 15 is 0 Å². The summed E-state index contributed by atoms with van der Waals surface area (Å²) in [5, 5.41) is 7.89. The normalized spacial score (nSPS) is 22.0. The van der Waals surface area contributed by atoms with Gasteiger partial charge in [-0.15, -0.1) is 0 Å². The van der Waals surface area contributed by atoms with E-state index in [-0.39, 0.29) is 29.4 Å². The van der Waals surface area contributed by atoms with Gasteiger partial charge in [0, 0.05) is 31.0 Å². The number of H-pyrrole nitrogens is 1. The van der Waals surface area contributed by atoms with Crippen molar-refractivity contribution in [3.63, 3.8) is 0 Å². The second-order valence-electron chi connectivity index (χ2n) is 6.58. The van der Waals surface area contributed by atoms with Crippen molar-refractivity contribution in [1.82, 2.24) is 15.1 Å². The third-order valence-electron chi connectivity index (χ3n) is 5.20. The quantitative estimate of drug-likeness (QED) is 0.921. The van der Waals surface area contributed by atoms with Crippen LogP contribution in [-0.2, 0) is 16.0 Å². The van der Waals surface area contributed by atoms with E-state index < -0.39 is 0 Å². The number of aromatic amines is 1. The van der Waals surface area contributed by atoms with Gasteiger partial charge in [0.1, 0.15) is 0 Å².